The van der Waals surface area contributed by atoms with Gasteiger partial charge in [0.05, 0.1) is 18.1 Å². The molecule has 0 radical (unpaired) electrons. The summed E-state index contributed by atoms with van der Waals surface area (Å²) in [6.45, 7) is 5.35. The predicted molar refractivity (Wildman–Crippen MR) is 68.3 cm³/mol. The van der Waals surface area contributed by atoms with E-state index in [-0.39, 0.29) is 0 Å². The van der Waals surface area contributed by atoms with Gasteiger partial charge in [-0.2, -0.15) is 5.10 Å². The highest BCUT2D eigenvalue weighted by Gasteiger charge is 2.42. The molecule has 1 N–H and O–H groups in total. The summed E-state index contributed by atoms with van der Waals surface area (Å²) in [5.41, 5.74) is 0.385. The molecule has 7 heteroatoms. The highest BCUT2D eigenvalue weighted by atomic mass is 32.2. The molecular weight excluding hydrogens is 256 g/mol. The van der Waals surface area contributed by atoms with Crippen LogP contribution in [0.1, 0.15) is 32.6 Å². The molecule has 0 saturated carbocycles. The van der Waals surface area contributed by atoms with Crippen LogP contribution >= 0.6 is 0 Å². The van der Waals surface area contributed by atoms with Crippen molar-refractivity contribution in [2.75, 3.05) is 13.4 Å². The molecule has 1 aromatic rings. The normalized spacial score (nSPS) is 14.6. The minimum absolute atomic E-state index is 0.385. The van der Waals surface area contributed by atoms with Crippen molar-refractivity contribution < 1.29 is 18.3 Å². The van der Waals surface area contributed by atoms with Crippen LogP contribution in [-0.4, -0.2) is 41.4 Å². The predicted octanol–water partition coefficient (Wildman–Crippen LogP) is 0.768. The fourth-order valence-corrected chi connectivity index (χ4v) is 2.11. The van der Waals surface area contributed by atoms with Crippen molar-refractivity contribution in [1.82, 2.24) is 9.78 Å². The molecule has 1 rings (SSSR count). The summed E-state index contributed by atoms with van der Waals surface area (Å²) in [5.74, 6) is 0.390. The first-order valence-corrected chi connectivity index (χ1v) is 7.53. The fraction of sp³-hybridized carbons (Fsp3) is 0.727. The molecule has 1 heterocycles. The SMILES string of the molecule is CCn1ncc(OC)c1C(O)C(C)(C)S(C)(=O)=O. The molecule has 1 unspecified atom stereocenters. The van der Waals surface area contributed by atoms with E-state index < -0.39 is 20.7 Å². The van der Waals surface area contributed by atoms with Crippen LogP contribution < -0.4 is 4.74 Å². The Labute approximate surface area is 107 Å². The van der Waals surface area contributed by atoms with Gasteiger partial charge in [0.2, 0.25) is 0 Å². The van der Waals surface area contributed by atoms with Gasteiger partial charge in [0.1, 0.15) is 11.8 Å². The van der Waals surface area contributed by atoms with Crippen molar-refractivity contribution in [2.24, 2.45) is 0 Å². The number of aliphatic hydroxyl groups excluding tert-OH is 1. The lowest BCUT2D eigenvalue weighted by molar-refractivity contribution is 0.126. The monoisotopic (exact) mass is 276 g/mol. The van der Waals surface area contributed by atoms with E-state index in [0.717, 1.165) is 6.26 Å². The summed E-state index contributed by atoms with van der Waals surface area (Å²) in [6, 6.07) is 0. The standard InChI is InChI=1S/C11H20N2O4S/c1-6-13-9(8(17-4)7-12-13)10(14)11(2,3)18(5,15)16/h7,10,14H,6H2,1-5H3. The summed E-state index contributed by atoms with van der Waals surface area (Å²) < 4.78 is 28.9. The first-order chi connectivity index (χ1) is 8.16. The zero-order valence-corrected chi connectivity index (χ0v) is 12.2. The zero-order valence-electron chi connectivity index (χ0n) is 11.3. The number of rotatable bonds is 5. The smallest absolute Gasteiger partial charge is 0.162 e. The van der Waals surface area contributed by atoms with Crippen molar-refractivity contribution in [3.63, 3.8) is 0 Å². The molecule has 0 saturated heterocycles. The van der Waals surface area contributed by atoms with E-state index in [1.54, 1.807) is 0 Å². The third-order valence-electron chi connectivity index (χ3n) is 3.24. The van der Waals surface area contributed by atoms with E-state index in [2.05, 4.69) is 5.10 Å². The van der Waals surface area contributed by atoms with Gasteiger partial charge >= 0.3 is 0 Å². The van der Waals surface area contributed by atoms with Crippen LogP contribution in [-0.2, 0) is 16.4 Å². The zero-order chi connectivity index (χ0) is 14.1. The fourth-order valence-electron chi connectivity index (χ4n) is 1.59. The van der Waals surface area contributed by atoms with E-state index >= 15 is 0 Å². The molecule has 0 amide bonds. The van der Waals surface area contributed by atoms with E-state index in [4.69, 9.17) is 4.74 Å². The molecule has 1 atom stereocenters. The molecule has 104 valence electrons. The number of aliphatic hydroxyl groups is 1. The molecular formula is C11H20N2O4S. The van der Waals surface area contributed by atoms with Gasteiger partial charge in [0.25, 0.3) is 0 Å². The molecule has 0 aromatic carbocycles. The van der Waals surface area contributed by atoms with E-state index in [0.29, 0.717) is 18.0 Å². The van der Waals surface area contributed by atoms with Gasteiger partial charge in [-0.3, -0.25) is 4.68 Å². The van der Waals surface area contributed by atoms with Gasteiger partial charge in [-0.05, 0) is 20.8 Å². The van der Waals surface area contributed by atoms with Gasteiger partial charge in [-0.1, -0.05) is 0 Å². The highest BCUT2D eigenvalue weighted by molar-refractivity contribution is 7.92. The van der Waals surface area contributed by atoms with Crippen molar-refractivity contribution in [1.29, 1.82) is 0 Å². The number of ether oxygens (including phenoxy) is 1. The number of hydrogen-bond donors (Lipinski definition) is 1. The summed E-state index contributed by atoms with van der Waals surface area (Å²) in [6.07, 6.45) is 1.38. The van der Waals surface area contributed by atoms with E-state index in [1.165, 1.54) is 31.8 Å². The molecule has 0 aliphatic rings. The lowest BCUT2D eigenvalue weighted by Crippen LogP contribution is -2.39. The number of aryl methyl sites for hydroxylation is 1. The summed E-state index contributed by atoms with van der Waals surface area (Å²) in [5, 5.41) is 14.4. The summed E-state index contributed by atoms with van der Waals surface area (Å²) >= 11 is 0. The first-order valence-electron chi connectivity index (χ1n) is 5.64. The Bertz CT molecular complexity index is 498. The second-order valence-electron chi connectivity index (χ2n) is 4.69. The van der Waals surface area contributed by atoms with Crippen LogP contribution in [0.2, 0.25) is 0 Å². The van der Waals surface area contributed by atoms with E-state index in [1.807, 2.05) is 6.92 Å². The lowest BCUT2D eigenvalue weighted by atomic mass is 10.0. The van der Waals surface area contributed by atoms with Crippen LogP contribution in [0.25, 0.3) is 0 Å². The summed E-state index contributed by atoms with van der Waals surface area (Å²) in [4.78, 5) is 0. The van der Waals surface area contributed by atoms with Gasteiger partial charge in [-0.25, -0.2) is 8.42 Å². The maximum absolute atomic E-state index is 11.8. The molecule has 1 aromatic heterocycles. The van der Waals surface area contributed by atoms with Crippen LogP contribution in [0.5, 0.6) is 5.75 Å². The molecule has 0 bridgehead atoms. The Balaban J connectivity index is 3.34. The lowest BCUT2D eigenvalue weighted by Gasteiger charge is -2.29. The van der Waals surface area contributed by atoms with Crippen LogP contribution in [0, 0.1) is 0 Å². The van der Waals surface area contributed by atoms with Crippen LogP contribution in [0.15, 0.2) is 6.20 Å². The molecule has 0 aliphatic heterocycles. The van der Waals surface area contributed by atoms with Crippen molar-refractivity contribution in [2.45, 2.75) is 38.2 Å². The minimum Gasteiger partial charge on any atom is -0.493 e. The topological polar surface area (TPSA) is 81.4 Å². The number of methoxy groups -OCH3 is 1. The highest BCUT2D eigenvalue weighted by Crippen LogP contribution is 2.36. The molecule has 0 fully saturated rings. The maximum atomic E-state index is 11.8. The number of nitrogens with zero attached hydrogens (tertiary/aromatic N) is 2. The Kier molecular flexibility index (Phi) is 4.07. The number of hydrogen-bond acceptors (Lipinski definition) is 5. The third-order valence-corrected chi connectivity index (χ3v) is 5.37. The molecule has 0 spiro atoms. The molecule has 0 aliphatic carbocycles. The Morgan fingerprint density at radius 1 is 1.56 bits per heavy atom. The second-order valence-corrected chi connectivity index (χ2v) is 7.29. The molecule has 18 heavy (non-hydrogen) atoms. The van der Waals surface area contributed by atoms with Gasteiger partial charge in [0.15, 0.2) is 15.6 Å². The number of aromatic nitrogens is 2. The van der Waals surface area contributed by atoms with Gasteiger partial charge in [-0.15, -0.1) is 0 Å². The Morgan fingerprint density at radius 3 is 2.50 bits per heavy atom. The first kappa shape index (κ1) is 15.0. The second kappa shape index (κ2) is 4.89. The van der Waals surface area contributed by atoms with Crippen LogP contribution in [0.3, 0.4) is 0 Å². The maximum Gasteiger partial charge on any atom is 0.162 e. The largest absolute Gasteiger partial charge is 0.493 e. The summed E-state index contributed by atoms with van der Waals surface area (Å²) in [7, 11) is -1.97. The van der Waals surface area contributed by atoms with Crippen molar-refractivity contribution in [3.05, 3.63) is 11.9 Å². The van der Waals surface area contributed by atoms with Gasteiger partial charge < -0.3 is 9.84 Å². The minimum atomic E-state index is -3.42. The van der Waals surface area contributed by atoms with Crippen molar-refractivity contribution >= 4 is 9.84 Å². The Morgan fingerprint density at radius 2 is 2.11 bits per heavy atom. The third kappa shape index (κ3) is 2.37. The number of sulfone groups is 1. The van der Waals surface area contributed by atoms with Crippen molar-refractivity contribution in [3.8, 4) is 5.75 Å². The average molecular weight is 276 g/mol. The van der Waals surface area contributed by atoms with Gasteiger partial charge in [0, 0.05) is 12.8 Å². The quantitative estimate of drug-likeness (QED) is 0.859. The van der Waals surface area contributed by atoms with E-state index in [9.17, 15) is 13.5 Å². The Hall–Kier alpha value is -1.08. The average Bonchev–Trinajstić information content (AvgIpc) is 2.68. The molecule has 6 nitrogen and oxygen atoms in total. The van der Waals surface area contributed by atoms with Crippen LogP contribution in [0.4, 0.5) is 0 Å².